The highest BCUT2D eigenvalue weighted by molar-refractivity contribution is 8.00. The second-order valence-corrected chi connectivity index (χ2v) is 8.02. The third-order valence-electron chi connectivity index (χ3n) is 4.27. The van der Waals surface area contributed by atoms with Crippen LogP contribution >= 0.6 is 11.8 Å². The standard InChI is InChI=1S/C16H24N8OS/c1-9(2)16(6,8-17)19-13(25)12(5)26-15-21-20-14(23(15)18)24-11(4)7-10(3)22-24/h7,9,12H,18H2,1-6H3,(H,19,25). The molecule has 1 amide bonds. The van der Waals surface area contributed by atoms with E-state index in [-0.39, 0.29) is 11.8 Å². The van der Waals surface area contributed by atoms with Crippen LogP contribution in [0, 0.1) is 31.1 Å². The average molecular weight is 376 g/mol. The van der Waals surface area contributed by atoms with Gasteiger partial charge in [0.05, 0.1) is 17.0 Å². The molecule has 2 heterocycles. The minimum atomic E-state index is -0.933. The lowest BCUT2D eigenvalue weighted by atomic mass is 9.90. The Morgan fingerprint density at radius 2 is 2.04 bits per heavy atom. The first kappa shape index (κ1) is 19.8. The summed E-state index contributed by atoms with van der Waals surface area (Å²) in [5.41, 5.74) is 0.791. The fraction of sp³-hybridized carbons (Fsp3) is 0.562. The predicted molar refractivity (Wildman–Crippen MR) is 99.1 cm³/mol. The van der Waals surface area contributed by atoms with Crippen molar-refractivity contribution in [2.24, 2.45) is 5.92 Å². The maximum Gasteiger partial charge on any atom is 0.271 e. The largest absolute Gasteiger partial charge is 0.337 e. The van der Waals surface area contributed by atoms with Gasteiger partial charge in [0, 0.05) is 5.69 Å². The summed E-state index contributed by atoms with van der Waals surface area (Å²) in [5, 5.41) is 24.5. The zero-order chi connectivity index (χ0) is 19.6. The fourth-order valence-corrected chi connectivity index (χ4v) is 2.96. The van der Waals surface area contributed by atoms with Crippen LogP contribution in [-0.4, -0.2) is 41.3 Å². The minimum Gasteiger partial charge on any atom is -0.337 e. The molecular formula is C16H24N8OS. The molecule has 0 saturated carbocycles. The van der Waals surface area contributed by atoms with Crippen LogP contribution < -0.4 is 11.2 Å². The Morgan fingerprint density at radius 3 is 2.54 bits per heavy atom. The molecule has 0 spiro atoms. The van der Waals surface area contributed by atoms with Gasteiger partial charge in [-0.05, 0) is 39.7 Å². The molecule has 0 aliphatic carbocycles. The Bertz CT molecular complexity index is 849. The minimum absolute atomic E-state index is 0.0237. The van der Waals surface area contributed by atoms with Gasteiger partial charge in [-0.3, -0.25) is 4.79 Å². The molecule has 0 aliphatic rings. The van der Waals surface area contributed by atoms with Gasteiger partial charge in [0.15, 0.2) is 0 Å². The van der Waals surface area contributed by atoms with E-state index in [0.717, 1.165) is 11.4 Å². The van der Waals surface area contributed by atoms with E-state index in [2.05, 4.69) is 26.7 Å². The average Bonchev–Trinajstić information content (AvgIpc) is 3.09. The van der Waals surface area contributed by atoms with Crippen LogP contribution in [0.4, 0.5) is 0 Å². The fourth-order valence-electron chi connectivity index (χ4n) is 2.20. The molecule has 0 aliphatic heterocycles. The smallest absolute Gasteiger partial charge is 0.271 e. The number of nitrogens with two attached hydrogens (primary N) is 1. The molecule has 0 fully saturated rings. The van der Waals surface area contributed by atoms with Gasteiger partial charge in [-0.2, -0.15) is 10.4 Å². The van der Waals surface area contributed by atoms with Crippen LogP contribution in [0.3, 0.4) is 0 Å². The summed E-state index contributed by atoms with van der Waals surface area (Å²) >= 11 is 1.17. The van der Waals surface area contributed by atoms with Gasteiger partial charge in [-0.1, -0.05) is 25.6 Å². The number of amides is 1. The zero-order valence-electron chi connectivity index (χ0n) is 15.8. The second-order valence-electron chi connectivity index (χ2n) is 6.71. The zero-order valence-corrected chi connectivity index (χ0v) is 16.6. The Balaban J connectivity index is 2.15. The normalized spacial score (nSPS) is 14.7. The Hall–Kier alpha value is -2.54. The van der Waals surface area contributed by atoms with Gasteiger partial charge in [-0.25, -0.2) is 9.36 Å². The lowest BCUT2D eigenvalue weighted by molar-refractivity contribution is -0.121. The summed E-state index contributed by atoms with van der Waals surface area (Å²) in [4.78, 5) is 12.5. The van der Waals surface area contributed by atoms with E-state index < -0.39 is 10.8 Å². The summed E-state index contributed by atoms with van der Waals surface area (Å²) in [6.45, 7) is 11.0. The Morgan fingerprint density at radius 1 is 1.38 bits per heavy atom. The van der Waals surface area contributed by atoms with Crippen molar-refractivity contribution in [3.63, 3.8) is 0 Å². The number of nitriles is 1. The third kappa shape index (κ3) is 3.83. The van der Waals surface area contributed by atoms with Crippen molar-refractivity contribution in [1.82, 2.24) is 30.0 Å². The number of hydrogen-bond acceptors (Lipinski definition) is 7. The van der Waals surface area contributed by atoms with E-state index in [4.69, 9.17) is 5.84 Å². The molecule has 2 unspecified atom stereocenters. The molecule has 2 atom stereocenters. The Labute approximate surface area is 156 Å². The SMILES string of the molecule is Cc1cc(C)n(-c2nnc(SC(C)C(=O)NC(C)(C#N)C(C)C)n2N)n1. The lowest BCUT2D eigenvalue weighted by Gasteiger charge is -2.28. The first-order valence-electron chi connectivity index (χ1n) is 8.23. The third-order valence-corrected chi connectivity index (χ3v) is 5.32. The van der Waals surface area contributed by atoms with Gasteiger partial charge in [0.2, 0.25) is 11.1 Å². The van der Waals surface area contributed by atoms with Gasteiger partial charge >= 0.3 is 0 Å². The molecule has 0 aromatic carbocycles. The van der Waals surface area contributed by atoms with E-state index in [1.165, 1.54) is 16.4 Å². The number of aryl methyl sites for hydroxylation is 2. The number of nitrogens with zero attached hydrogens (tertiary/aromatic N) is 6. The van der Waals surface area contributed by atoms with E-state index in [1.54, 1.807) is 18.5 Å². The maximum absolute atomic E-state index is 12.5. The highest BCUT2D eigenvalue weighted by Gasteiger charge is 2.32. The number of carbonyl (C=O) groups is 1. The van der Waals surface area contributed by atoms with E-state index in [9.17, 15) is 10.1 Å². The molecule has 0 bridgehead atoms. The van der Waals surface area contributed by atoms with Crippen LogP contribution in [0.5, 0.6) is 0 Å². The molecular weight excluding hydrogens is 352 g/mol. The summed E-state index contributed by atoms with van der Waals surface area (Å²) in [5.74, 6) is 6.18. The monoisotopic (exact) mass is 376 g/mol. The summed E-state index contributed by atoms with van der Waals surface area (Å²) in [6.07, 6.45) is 0. The van der Waals surface area contributed by atoms with Crippen LogP contribution in [0.1, 0.15) is 39.1 Å². The molecule has 0 radical (unpaired) electrons. The Kier molecular flexibility index (Phi) is 5.61. The number of aromatic nitrogens is 5. The van der Waals surface area contributed by atoms with Gasteiger partial charge in [0.1, 0.15) is 5.54 Å². The number of nitrogens with one attached hydrogen (secondary N) is 1. The predicted octanol–water partition coefficient (Wildman–Crippen LogP) is 1.33. The molecule has 9 nitrogen and oxygen atoms in total. The van der Waals surface area contributed by atoms with E-state index in [0.29, 0.717) is 11.1 Å². The van der Waals surface area contributed by atoms with Crippen molar-refractivity contribution in [3.8, 4) is 12.0 Å². The summed E-state index contributed by atoms with van der Waals surface area (Å²) in [6, 6.07) is 4.07. The number of nitrogen functional groups attached to an aromatic ring is 1. The van der Waals surface area contributed by atoms with Crippen molar-refractivity contribution < 1.29 is 4.79 Å². The van der Waals surface area contributed by atoms with Crippen molar-refractivity contribution >= 4 is 17.7 Å². The summed E-state index contributed by atoms with van der Waals surface area (Å²) < 4.78 is 2.91. The molecule has 2 aromatic rings. The van der Waals surface area contributed by atoms with Crippen molar-refractivity contribution in [2.45, 2.75) is 57.5 Å². The molecule has 3 N–H and O–H groups in total. The maximum atomic E-state index is 12.5. The quantitative estimate of drug-likeness (QED) is 0.575. The van der Waals surface area contributed by atoms with Crippen molar-refractivity contribution in [1.29, 1.82) is 5.26 Å². The highest BCUT2D eigenvalue weighted by atomic mass is 32.2. The number of hydrogen-bond donors (Lipinski definition) is 2. The first-order chi connectivity index (χ1) is 12.1. The molecule has 10 heteroatoms. The number of thioether (sulfide) groups is 1. The van der Waals surface area contributed by atoms with Crippen LogP contribution in [0.25, 0.3) is 5.95 Å². The highest BCUT2D eigenvalue weighted by Crippen LogP contribution is 2.24. The molecule has 2 aromatic heterocycles. The second kappa shape index (κ2) is 7.37. The van der Waals surface area contributed by atoms with Crippen LogP contribution in [0.2, 0.25) is 0 Å². The van der Waals surface area contributed by atoms with E-state index >= 15 is 0 Å². The summed E-state index contributed by atoms with van der Waals surface area (Å²) in [7, 11) is 0. The molecule has 26 heavy (non-hydrogen) atoms. The molecule has 140 valence electrons. The topological polar surface area (TPSA) is 127 Å². The van der Waals surface area contributed by atoms with Crippen LogP contribution in [0.15, 0.2) is 11.2 Å². The van der Waals surface area contributed by atoms with Gasteiger partial charge < -0.3 is 11.2 Å². The van der Waals surface area contributed by atoms with Gasteiger partial charge in [-0.15, -0.1) is 10.2 Å². The first-order valence-corrected chi connectivity index (χ1v) is 9.11. The van der Waals surface area contributed by atoms with Gasteiger partial charge in [0.25, 0.3) is 5.95 Å². The molecule has 2 rings (SSSR count). The number of carbonyl (C=O) groups excluding carboxylic acids is 1. The van der Waals surface area contributed by atoms with Crippen molar-refractivity contribution in [2.75, 3.05) is 5.84 Å². The number of rotatable bonds is 6. The molecule has 0 saturated heterocycles. The van der Waals surface area contributed by atoms with Crippen molar-refractivity contribution in [3.05, 3.63) is 17.5 Å². The van der Waals surface area contributed by atoms with Crippen LogP contribution in [-0.2, 0) is 4.79 Å². The van der Waals surface area contributed by atoms with E-state index in [1.807, 2.05) is 33.8 Å². The lowest BCUT2D eigenvalue weighted by Crippen LogP contribution is -2.51.